The minimum Gasteiger partial charge on any atom is -0.491 e. The van der Waals surface area contributed by atoms with Gasteiger partial charge in [0.25, 0.3) is 0 Å². The van der Waals surface area contributed by atoms with E-state index in [4.69, 9.17) is 14.5 Å². The normalized spacial score (nSPS) is 12.8. The summed E-state index contributed by atoms with van der Waals surface area (Å²) in [6.07, 6.45) is 2.78. The number of ether oxygens (including phenoxy) is 2. The number of benzene rings is 2. The highest BCUT2D eigenvalue weighted by Crippen LogP contribution is 2.39. The fraction of sp³-hybridized carbons (Fsp3) is 0.343. The quantitative estimate of drug-likeness (QED) is 0.0908. The maximum Gasteiger partial charge on any atom is 0.357 e. The van der Waals surface area contributed by atoms with Gasteiger partial charge in [-0.25, -0.2) is 19.2 Å². The number of carbonyl (C=O) groups is 1. The minimum absolute atomic E-state index is 0.155. The van der Waals surface area contributed by atoms with Gasteiger partial charge in [-0.05, 0) is 83.8 Å². The van der Waals surface area contributed by atoms with Gasteiger partial charge in [0.1, 0.15) is 0 Å². The number of nitrogens with zero attached hydrogens (tertiary/aromatic N) is 5. The summed E-state index contributed by atoms with van der Waals surface area (Å²) < 4.78 is 26.7. The van der Waals surface area contributed by atoms with Crippen molar-refractivity contribution in [3.8, 4) is 17.6 Å². The van der Waals surface area contributed by atoms with Gasteiger partial charge in [0.15, 0.2) is 39.2 Å². The lowest BCUT2D eigenvalue weighted by Gasteiger charge is -2.28. The van der Waals surface area contributed by atoms with Crippen LogP contribution in [0.2, 0.25) is 0 Å². The molecule has 6 rings (SSSR count). The molecule has 5 aromatic rings. The van der Waals surface area contributed by atoms with E-state index in [1.807, 2.05) is 57.0 Å². The molecule has 0 radical (unpaired) electrons. The number of hydrogen-bond donors (Lipinski definition) is 2. The van der Waals surface area contributed by atoms with Crippen LogP contribution in [-0.4, -0.2) is 59.0 Å². The highest BCUT2D eigenvalue weighted by molar-refractivity contribution is 7.22. The SMILES string of the molecule is CNC(C)(C)C#Cc1ccc(OCCCc2sc(N3CCCc4c3nnc(Nc3nc5ccccc5s3)c4C)nc2C(=O)OC)c(F)c1. The van der Waals surface area contributed by atoms with Crippen LogP contribution in [0, 0.1) is 24.6 Å². The second kappa shape index (κ2) is 14.2. The molecule has 4 heterocycles. The van der Waals surface area contributed by atoms with Crippen molar-refractivity contribution in [3.63, 3.8) is 0 Å². The van der Waals surface area contributed by atoms with Crippen molar-refractivity contribution >= 4 is 60.8 Å². The number of methoxy groups -OCH3 is 1. The molecular formula is C35H36FN7O3S2. The number of carbonyl (C=O) groups excluding carboxylic acids is 1. The molecule has 2 N–H and O–H groups in total. The monoisotopic (exact) mass is 685 g/mol. The molecule has 10 nitrogen and oxygen atoms in total. The van der Waals surface area contributed by atoms with Gasteiger partial charge >= 0.3 is 5.97 Å². The summed E-state index contributed by atoms with van der Waals surface area (Å²) in [5.41, 5.74) is 3.47. The zero-order valence-corrected chi connectivity index (χ0v) is 29.1. The predicted octanol–water partition coefficient (Wildman–Crippen LogP) is 6.97. The number of para-hydroxylation sites is 1. The Hall–Kier alpha value is -4.64. The van der Waals surface area contributed by atoms with Gasteiger partial charge in [-0.2, -0.15) is 0 Å². The fourth-order valence-electron chi connectivity index (χ4n) is 5.19. The number of rotatable bonds is 10. The summed E-state index contributed by atoms with van der Waals surface area (Å²) in [6, 6.07) is 12.7. The van der Waals surface area contributed by atoms with E-state index in [0.29, 0.717) is 35.9 Å². The molecule has 48 heavy (non-hydrogen) atoms. The van der Waals surface area contributed by atoms with Crippen LogP contribution in [0.4, 0.5) is 26.3 Å². The fourth-order valence-corrected chi connectivity index (χ4v) is 7.18. The first-order chi connectivity index (χ1) is 23.2. The van der Waals surface area contributed by atoms with Gasteiger partial charge < -0.3 is 25.0 Å². The van der Waals surface area contributed by atoms with Gasteiger partial charge in [0, 0.05) is 28.1 Å². The summed E-state index contributed by atoms with van der Waals surface area (Å²) in [4.78, 5) is 24.9. The van der Waals surface area contributed by atoms with Crippen LogP contribution < -0.4 is 20.3 Å². The van der Waals surface area contributed by atoms with Crippen molar-refractivity contribution in [1.29, 1.82) is 0 Å². The summed E-state index contributed by atoms with van der Waals surface area (Å²) in [5, 5.41) is 17.0. The van der Waals surface area contributed by atoms with Crippen molar-refractivity contribution in [2.24, 2.45) is 0 Å². The average Bonchev–Trinajstić information content (AvgIpc) is 3.71. The van der Waals surface area contributed by atoms with Crippen molar-refractivity contribution in [2.45, 2.75) is 52.0 Å². The number of thiazole rings is 2. The highest BCUT2D eigenvalue weighted by atomic mass is 32.1. The number of fused-ring (bicyclic) bond motifs is 2. The first-order valence-corrected chi connectivity index (χ1v) is 17.3. The van der Waals surface area contributed by atoms with Crippen LogP contribution in [0.25, 0.3) is 10.2 Å². The first-order valence-electron chi connectivity index (χ1n) is 15.6. The van der Waals surface area contributed by atoms with Crippen LogP contribution in [-0.2, 0) is 17.6 Å². The molecule has 1 aliphatic heterocycles. The van der Waals surface area contributed by atoms with E-state index in [-0.39, 0.29) is 23.6 Å². The molecule has 0 bridgehead atoms. The molecule has 2 aromatic carbocycles. The molecule has 13 heteroatoms. The Morgan fingerprint density at radius 3 is 2.75 bits per heavy atom. The van der Waals surface area contributed by atoms with E-state index in [2.05, 4.69) is 37.7 Å². The van der Waals surface area contributed by atoms with Gasteiger partial charge in [0.05, 0.1) is 29.5 Å². The second-order valence-corrected chi connectivity index (χ2v) is 13.9. The Labute approximate surface area is 286 Å². The standard InChI is InChI=1S/C35H36FN7O3S2/c1-21-23-10-8-18-43(31(23)42-41-30(21)40-33-38-25-11-6-7-12-27(25)47-33)34-39-29(32(44)45-5)28(48-34)13-9-19-46-26-15-14-22(20-24(26)36)16-17-35(2,3)37-4/h6-7,11-12,14-15,20,37H,8-10,13,18-19H2,1-5H3,(H,38,40,41). The number of hydrogen-bond acceptors (Lipinski definition) is 12. The second-order valence-electron chi connectivity index (χ2n) is 11.8. The van der Waals surface area contributed by atoms with E-state index in [1.54, 1.807) is 23.5 Å². The third-order valence-electron chi connectivity index (χ3n) is 8.08. The summed E-state index contributed by atoms with van der Waals surface area (Å²) in [6.45, 7) is 6.88. The van der Waals surface area contributed by atoms with Gasteiger partial charge in [-0.15, -0.1) is 21.5 Å². The minimum atomic E-state index is -0.507. The molecular weight excluding hydrogens is 650 g/mol. The predicted molar refractivity (Wildman–Crippen MR) is 189 cm³/mol. The van der Waals surface area contributed by atoms with Crippen LogP contribution in [0.1, 0.15) is 58.7 Å². The van der Waals surface area contributed by atoms with Crippen molar-refractivity contribution in [3.05, 3.63) is 75.5 Å². The average molecular weight is 686 g/mol. The van der Waals surface area contributed by atoms with Crippen LogP contribution >= 0.6 is 22.7 Å². The number of aromatic nitrogens is 4. The zero-order chi connectivity index (χ0) is 33.8. The molecule has 0 fully saturated rings. The lowest BCUT2D eigenvalue weighted by atomic mass is 10.0. The molecule has 0 atom stereocenters. The third-order valence-corrected chi connectivity index (χ3v) is 10.2. The van der Waals surface area contributed by atoms with Gasteiger partial charge in [0.2, 0.25) is 0 Å². The zero-order valence-electron chi connectivity index (χ0n) is 27.4. The van der Waals surface area contributed by atoms with E-state index >= 15 is 0 Å². The first kappa shape index (κ1) is 33.3. The molecule has 0 unspecified atom stereocenters. The number of aryl methyl sites for hydroxylation is 1. The van der Waals surface area contributed by atoms with Crippen molar-refractivity contribution in [2.75, 3.05) is 37.5 Å². The summed E-state index contributed by atoms with van der Waals surface area (Å²) in [5.74, 6) is 6.65. The lowest BCUT2D eigenvalue weighted by Crippen LogP contribution is -2.34. The van der Waals surface area contributed by atoms with Crippen molar-refractivity contribution in [1.82, 2.24) is 25.5 Å². The Morgan fingerprint density at radius 2 is 1.98 bits per heavy atom. The molecule has 0 amide bonds. The number of esters is 1. The van der Waals surface area contributed by atoms with Crippen LogP contribution in [0.3, 0.4) is 0 Å². The number of anilines is 4. The largest absolute Gasteiger partial charge is 0.491 e. The van der Waals surface area contributed by atoms with E-state index in [9.17, 15) is 9.18 Å². The van der Waals surface area contributed by atoms with E-state index in [1.165, 1.54) is 24.5 Å². The topological polar surface area (TPSA) is 114 Å². The summed E-state index contributed by atoms with van der Waals surface area (Å²) >= 11 is 2.99. The molecule has 0 saturated carbocycles. The molecule has 0 spiro atoms. The smallest absolute Gasteiger partial charge is 0.357 e. The highest BCUT2D eigenvalue weighted by Gasteiger charge is 2.29. The summed E-state index contributed by atoms with van der Waals surface area (Å²) in [7, 11) is 3.17. The molecule has 3 aromatic heterocycles. The van der Waals surface area contributed by atoms with Gasteiger partial charge in [-0.3, -0.25) is 0 Å². The number of nitrogens with one attached hydrogen (secondary N) is 2. The maximum atomic E-state index is 14.8. The third kappa shape index (κ3) is 7.26. The Bertz CT molecular complexity index is 2000. The van der Waals surface area contributed by atoms with Crippen LogP contribution in [0.5, 0.6) is 5.75 Å². The number of halogens is 1. The molecule has 248 valence electrons. The van der Waals surface area contributed by atoms with Gasteiger partial charge in [-0.1, -0.05) is 35.3 Å². The molecule has 1 aliphatic rings. The molecule has 0 aliphatic carbocycles. The van der Waals surface area contributed by atoms with E-state index < -0.39 is 11.8 Å². The molecule has 0 saturated heterocycles. The van der Waals surface area contributed by atoms with E-state index in [0.717, 1.165) is 50.0 Å². The lowest BCUT2D eigenvalue weighted by molar-refractivity contribution is 0.0593. The van der Waals surface area contributed by atoms with Crippen molar-refractivity contribution < 1.29 is 18.7 Å². The Morgan fingerprint density at radius 1 is 1.15 bits per heavy atom. The van der Waals surface area contributed by atoms with Crippen LogP contribution in [0.15, 0.2) is 42.5 Å². The maximum absolute atomic E-state index is 14.8. The Balaban J connectivity index is 1.15. The Kier molecular flexibility index (Phi) is 9.86.